The lowest BCUT2D eigenvalue weighted by molar-refractivity contribution is -0.165. The highest BCUT2D eigenvalue weighted by Crippen LogP contribution is 2.46. The minimum absolute atomic E-state index is 0.0406. The molecule has 4 atom stereocenters. The maximum atomic E-state index is 11.8. The molecular weight excluding hydrogens is 204 g/mol. The predicted molar refractivity (Wildman–Crippen MR) is 62.9 cm³/mol. The van der Waals surface area contributed by atoms with Gasteiger partial charge in [-0.15, -0.1) is 0 Å². The van der Waals surface area contributed by atoms with Crippen LogP contribution in [0.15, 0.2) is 0 Å². The number of hydrogen-bond acceptors (Lipinski definition) is 3. The SMILES string of the molecule is COC(=O)C1(C)CCC(C(C)C)C(O)C1C. The van der Waals surface area contributed by atoms with Gasteiger partial charge in [-0.1, -0.05) is 20.8 Å². The summed E-state index contributed by atoms with van der Waals surface area (Å²) in [5.41, 5.74) is -0.528. The lowest BCUT2D eigenvalue weighted by Gasteiger charge is -2.45. The summed E-state index contributed by atoms with van der Waals surface area (Å²) >= 11 is 0. The van der Waals surface area contributed by atoms with Crippen LogP contribution in [0.25, 0.3) is 0 Å². The molecule has 1 fully saturated rings. The first-order chi connectivity index (χ1) is 7.34. The normalized spacial score (nSPS) is 39.8. The monoisotopic (exact) mass is 228 g/mol. The average Bonchev–Trinajstić information content (AvgIpc) is 2.24. The molecule has 94 valence electrons. The molecule has 0 radical (unpaired) electrons. The molecule has 0 heterocycles. The number of ether oxygens (including phenoxy) is 1. The Kier molecular flexibility index (Phi) is 4.00. The molecular formula is C13H24O3. The molecule has 0 bridgehead atoms. The molecule has 0 aromatic carbocycles. The fraction of sp³-hybridized carbons (Fsp3) is 0.923. The first kappa shape index (κ1) is 13.5. The van der Waals surface area contributed by atoms with Gasteiger partial charge in [-0.05, 0) is 37.5 Å². The molecule has 1 rings (SSSR count). The van der Waals surface area contributed by atoms with Crippen molar-refractivity contribution in [2.75, 3.05) is 7.11 Å². The molecule has 0 spiro atoms. The van der Waals surface area contributed by atoms with E-state index >= 15 is 0 Å². The van der Waals surface area contributed by atoms with Crippen molar-refractivity contribution in [1.29, 1.82) is 0 Å². The van der Waals surface area contributed by atoms with Gasteiger partial charge in [0.1, 0.15) is 0 Å². The van der Waals surface area contributed by atoms with Gasteiger partial charge in [0.05, 0.1) is 18.6 Å². The standard InChI is InChI=1S/C13H24O3/c1-8(2)10-6-7-13(4,12(15)16-5)9(3)11(10)14/h8-11,14H,6-7H2,1-5H3. The van der Waals surface area contributed by atoms with Crippen molar-refractivity contribution in [1.82, 2.24) is 0 Å². The molecule has 3 nitrogen and oxygen atoms in total. The molecule has 3 heteroatoms. The van der Waals surface area contributed by atoms with Crippen LogP contribution in [0.3, 0.4) is 0 Å². The molecule has 0 amide bonds. The third kappa shape index (κ3) is 2.10. The molecule has 0 aromatic rings. The Bertz CT molecular complexity index is 262. The van der Waals surface area contributed by atoms with Gasteiger partial charge >= 0.3 is 5.97 Å². The van der Waals surface area contributed by atoms with Crippen molar-refractivity contribution in [2.24, 2.45) is 23.2 Å². The minimum atomic E-state index is -0.528. The van der Waals surface area contributed by atoms with Crippen LogP contribution in [-0.4, -0.2) is 24.3 Å². The van der Waals surface area contributed by atoms with Crippen LogP contribution in [0.4, 0.5) is 0 Å². The van der Waals surface area contributed by atoms with Crippen LogP contribution in [0.1, 0.15) is 40.5 Å². The van der Waals surface area contributed by atoms with Crippen molar-refractivity contribution in [3.63, 3.8) is 0 Å². The number of rotatable bonds is 2. The van der Waals surface area contributed by atoms with Gasteiger partial charge in [-0.3, -0.25) is 4.79 Å². The number of hydrogen-bond donors (Lipinski definition) is 1. The molecule has 1 N–H and O–H groups in total. The van der Waals surface area contributed by atoms with E-state index in [2.05, 4.69) is 13.8 Å². The van der Waals surface area contributed by atoms with Gasteiger partial charge < -0.3 is 9.84 Å². The Morgan fingerprint density at radius 2 is 2.06 bits per heavy atom. The minimum Gasteiger partial charge on any atom is -0.469 e. The first-order valence-corrected chi connectivity index (χ1v) is 6.11. The summed E-state index contributed by atoms with van der Waals surface area (Å²) in [6, 6.07) is 0. The van der Waals surface area contributed by atoms with E-state index in [1.165, 1.54) is 7.11 Å². The summed E-state index contributed by atoms with van der Waals surface area (Å²) < 4.78 is 4.86. The highest BCUT2D eigenvalue weighted by Gasteiger charge is 2.49. The van der Waals surface area contributed by atoms with Crippen LogP contribution < -0.4 is 0 Å². The van der Waals surface area contributed by atoms with Gasteiger partial charge in [0.25, 0.3) is 0 Å². The topological polar surface area (TPSA) is 46.5 Å². The Morgan fingerprint density at radius 3 is 2.50 bits per heavy atom. The van der Waals surface area contributed by atoms with Crippen molar-refractivity contribution in [2.45, 2.75) is 46.6 Å². The second-order valence-corrected chi connectivity index (χ2v) is 5.63. The van der Waals surface area contributed by atoms with Crippen molar-refractivity contribution >= 4 is 5.97 Å². The van der Waals surface area contributed by atoms with Crippen molar-refractivity contribution < 1.29 is 14.6 Å². The molecule has 4 unspecified atom stereocenters. The molecule has 16 heavy (non-hydrogen) atoms. The fourth-order valence-electron chi connectivity index (χ4n) is 2.86. The molecule has 0 saturated heterocycles. The summed E-state index contributed by atoms with van der Waals surface area (Å²) in [5.74, 6) is 0.523. The quantitative estimate of drug-likeness (QED) is 0.737. The summed E-state index contributed by atoms with van der Waals surface area (Å²) in [5, 5.41) is 10.3. The van der Waals surface area contributed by atoms with E-state index in [0.717, 1.165) is 12.8 Å². The molecule has 1 aliphatic rings. The number of carbonyl (C=O) groups is 1. The zero-order chi connectivity index (χ0) is 12.5. The van der Waals surface area contributed by atoms with E-state index in [-0.39, 0.29) is 11.9 Å². The van der Waals surface area contributed by atoms with E-state index in [9.17, 15) is 9.90 Å². The Labute approximate surface area is 98.2 Å². The summed E-state index contributed by atoms with van der Waals surface area (Å²) in [6.45, 7) is 8.11. The first-order valence-electron chi connectivity index (χ1n) is 6.11. The Hall–Kier alpha value is -0.570. The highest BCUT2D eigenvalue weighted by atomic mass is 16.5. The van der Waals surface area contributed by atoms with Gasteiger partial charge in [-0.25, -0.2) is 0 Å². The maximum Gasteiger partial charge on any atom is 0.311 e. The van der Waals surface area contributed by atoms with Crippen LogP contribution in [0.2, 0.25) is 0 Å². The summed E-state index contributed by atoms with van der Waals surface area (Å²) in [7, 11) is 1.42. The number of carbonyl (C=O) groups excluding carboxylic acids is 1. The van der Waals surface area contributed by atoms with Crippen LogP contribution in [0.5, 0.6) is 0 Å². The number of esters is 1. The van der Waals surface area contributed by atoms with Gasteiger partial charge in [0.2, 0.25) is 0 Å². The molecule has 1 aliphatic carbocycles. The van der Waals surface area contributed by atoms with Crippen LogP contribution >= 0.6 is 0 Å². The van der Waals surface area contributed by atoms with Crippen molar-refractivity contribution in [3.8, 4) is 0 Å². The van der Waals surface area contributed by atoms with E-state index < -0.39 is 11.5 Å². The number of aliphatic hydroxyl groups is 1. The second-order valence-electron chi connectivity index (χ2n) is 5.63. The van der Waals surface area contributed by atoms with E-state index in [1.807, 2.05) is 13.8 Å². The third-order valence-corrected chi connectivity index (χ3v) is 4.46. The molecule has 0 aliphatic heterocycles. The lowest BCUT2D eigenvalue weighted by atomic mass is 9.61. The zero-order valence-corrected chi connectivity index (χ0v) is 11.0. The van der Waals surface area contributed by atoms with Gasteiger partial charge in [-0.2, -0.15) is 0 Å². The molecule has 1 saturated carbocycles. The maximum absolute atomic E-state index is 11.8. The number of aliphatic hydroxyl groups excluding tert-OH is 1. The smallest absolute Gasteiger partial charge is 0.311 e. The van der Waals surface area contributed by atoms with Gasteiger partial charge in [0.15, 0.2) is 0 Å². The number of methoxy groups -OCH3 is 1. The zero-order valence-electron chi connectivity index (χ0n) is 11.0. The molecule has 0 aromatic heterocycles. The van der Waals surface area contributed by atoms with Gasteiger partial charge in [0, 0.05) is 0 Å². The Balaban J connectivity index is 2.86. The van der Waals surface area contributed by atoms with Crippen LogP contribution in [-0.2, 0) is 9.53 Å². The average molecular weight is 228 g/mol. The third-order valence-electron chi connectivity index (χ3n) is 4.46. The summed E-state index contributed by atoms with van der Waals surface area (Å²) in [6.07, 6.45) is 1.30. The van der Waals surface area contributed by atoms with E-state index in [0.29, 0.717) is 11.8 Å². The van der Waals surface area contributed by atoms with Crippen LogP contribution in [0, 0.1) is 23.2 Å². The largest absolute Gasteiger partial charge is 0.469 e. The summed E-state index contributed by atoms with van der Waals surface area (Å²) in [4.78, 5) is 11.8. The fourth-order valence-corrected chi connectivity index (χ4v) is 2.86. The lowest BCUT2D eigenvalue weighted by Crippen LogP contribution is -2.49. The van der Waals surface area contributed by atoms with E-state index in [1.54, 1.807) is 0 Å². The Morgan fingerprint density at radius 1 is 1.50 bits per heavy atom. The van der Waals surface area contributed by atoms with E-state index in [4.69, 9.17) is 4.74 Å². The second kappa shape index (κ2) is 4.74. The predicted octanol–water partition coefficient (Wildman–Crippen LogP) is 2.23. The van der Waals surface area contributed by atoms with Crippen molar-refractivity contribution in [3.05, 3.63) is 0 Å². The highest BCUT2D eigenvalue weighted by molar-refractivity contribution is 5.76.